The highest BCUT2D eigenvalue weighted by Gasteiger charge is 2.16. The first-order valence-corrected chi connectivity index (χ1v) is 6.69. The Morgan fingerprint density at radius 2 is 1.81 bits per heavy atom. The van der Waals surface area contributed by atoms with Gasteiger partial charge in [-0.05, 0) is 30.2 Å². The lowest BCUT2D eigenvalue weighted by Crippen LogP contribution is -2.27. The maximum Gasteiger partial charge on any atom is 0.265 e. The fraction of sp³-hybridized carbons (Fsp3) is 0.250. The average molecular weight is 292 g/mol. The van der Waals surface area contributed by atoms with Crippen molar-refractivity contribution < 1.29 is 13.9 Å². The lowest BCUT2D eigenvalue weighted by Gasteiger charge is -2.20. The molecule has 0 aromatic heterocycles. The fourth-order valence-electron chi connectivity index (χ4n) is 2.17. The van der Waals surface area contributed by atoms with Crippen LogP contribution in [0.5, 0.6) is 0 Å². The molecule has 21 heavy (non-hydrogen) atoms. The molecule has 0 spiro atoms. The van der Waals surface area contributed by atoms with Crippen LogP contribution in [0.2, 0.25) is 0 Å². The topological polar surface area (TPSA) is 58.3 Å². The summed E-state index contributed by atoms with van der Waals surface area (Å²) in [7, 11) is 0. The molecule has 0 heterocycles. The molecule has 0 aliphatic heterocycles. The lowest BCUT2D eigenvalue weighted by atomic mass is 10.1. The molecule has 0 aliphatic rings. The second-order valence-electron chi connectivity index (χ2n) is 4.86. The maximum absolute atomic E-state index is 13.0. The van der Waals surface area contributed by atoms with Crippen LogP contribution < -0.4 is 11.1 Å². The van der Waals surface area contributed by atoms with Crippen LogP contribution in [0.4, 0.5) is 20.2 Å². The Bertz CT molecular complexity index is 576. The molecule has 1 unspecified atom stereocenters. The van der Waals surface area contributed by atoms with Gasteiger partial charge in [-0.1, -0.05) is 30.3 Å². The third kappa shape index (κ3) is 4.16. The number of anilines is 2. The smallest absolute Gasteiger partial charge is 0.265 e. The van der Waals surface area contributed by atoms with Gasteiger partial charge in [0.15, 0.2) is 0 Å². The highest BCUT2D eigenvalue weighted by atomic mass is 19.3. The van der Waals surface area contributed by atoms with Crippen molar-refractivity contribution in [2.75, 3.05) is 17.7 Å². The van der Waals surface area contributed by atoms with Gasteiger partial charge in [0.25, 0.3) is 6.43 Å². The first kappa shape index (κ1) is 15.3. The van der Waals surface area contributed by atoms with Crippen LogP contribution in [0.3, 0.4) is 0 Å². The molecule has 0 amide bonds. The second-order valence-corrected chi connectivity index (χ2v) is 4.86. The molecule has 3 nitrogen and oxygen atoms in total. The summed E-state index contributed by atoms with van der Waals surface area (Å²) in [4.78, 5) is 0. The van der Waals surface area contributed by atoms with E-state index < -0.39 is 6.43 Å². The van der Waals surface area contributed by atoms with Crippen molar-refractivity contribution in [3.8, 4) is 0 Å². The van der Waals surface area contributed by atoms with Gasteiger partial charge in [-0.15, -0.1) is 0 Å². The van der Waals surface area contributed by atoms with E-state index in [-0.39, 0.29) is 18.2 Å². The lowest BCUT2D eigenvalue weighted by molar-refractivity contribution is 0.152. The zero-order valence-electron chi connectivity index (χ0n) is 11.5. The van der Waals surface area contributed by atoms with E-state index in [0.717, 1.165) is 5.56 Å². The van der Waals surface area contributed by atoms with Crippen molar-refractivity contribution in [3.63, 3.8) is 0 Å². The Hall–Kier alpha value is -2.14. The molecule has 1 atom stereocenters. The molecule has 0 radical (unpaired) electrons. The van der Waals surface area contributed by atoms with E-state index in [1.807, 2.05) is 30.3 Å². The van der Waals surface area contributed by atoms with Crippen LogP contribution in [-0.4, -0.2) is 17.8 Å². The molecular weight excluding hydrogens is 274 g/mol. The number of benzene rings is 2. The van der Waals surface area contributed by atoms with Crippen molar-refractivity contribution in [2.24, 2.45) is 0 Å². The molecule has 112 valence electrons. The van der Waals surface area contributed by atoms with Crippen molar-refractivity contribution in [1.29, 1.82) is 0 Å². The van der Waals surface area contributed by atoms with Gasteiger partial charge in [0.1, 0.15) is 0 Å². The summed E-state index contributed by atoms with van der Waals surface area (Å²) in [5, 5.41) is 12.4. The standard InChI is InChI=1S/C16H18F2N2O/c17-16(18)14-9-12(19)6-7-15(14)20-13(10-21)8-11-4-2-1-3-5-11/h1-7,9,13,16,20-21H,8,10,19H2. The van der Waals surface area contributed by atoms with Gasteiger partial charge in [-0.3, -0.25) is 0 Å². The largest absolute Gasteiger partial charge is 0.399 e. The van der Waals surface area contributed by atoms with Crippen LogP contribution in [0, 0.1) is 0 Å². The van der Waals surface area contributed by atoms with E-state index in [1.165, 1.54) is 12.1 Å². The maximum atomic E-state index is 13.0. The van der Waals surface area contributed by atoms with Gasteiger partial charge in [0.05, 0.1) is 12.6 Å². The Balaban J connectivity index is 2.15. The van der Waals surface area contributed by atoms with Crippen molar-refractivity contribution in [2.45, 2.75) is 18.9 Å². The van der Waals surface area contributed by atoms with Crippen molar-refractivity contribution in [3.05, 3.63) is 59.7 Å². The summed E-state index contributed by atoms with van der Waals surface area (Å²) < 4.78 is 26.1. The van der Waals surface area contributed by atoms with Crippen LogP contribution >= 0.6 is 0 Å². The number of hydrogen-bond donors (Lipinski definition) is 3. The van der Waals surface area contributed by atoms with E-state index >= 15 is 0 Å². The van der Waals surface area contributed by atoms with E-state index in [4.69, 9.17) is 5.73 Å². The molecule has 0 aliphatic carbocycles. The van der Waals surface area contributed by atoms with Gasteiger partial charge in [-0.25, -0.2) is 8.78 Å². The average Bonchev–Trinajstić information content (AvgIpc) is 2.49. The number of alkyl halides is 2. The summed E-state index contributed by atoms with van der Waals surface area (Å²) in [5.74, 6) is 0. The minimum atomic E-state index is -2.62. The summed E-state index contributed by atoms with van der Waals surface area (Å²) in [6, 6.07) is 13.6. The molecule has 0 saturated heterocycles. The first-order chi connectivity index (χ1) is 10.1. The minimum Gasteiger partial charge on any atom is -0.399 e. The Labute approximate surface area is 122 Å². The number of nitrogen functional groups attached to an aromatic ring is 1. The van der Waals surface area contributed by atoms with Crippen LogP contribution in [0.1, 0.15) is 17.6 Å². The molecular formula is C16H18F2N2O. The number of aliphatic hydroxyl groups is 1. The third-order valence-electron chi connectivity index (χ3n) is 3.22. The molecule has 5 heteroatoms. The summed E-state index contributed by atoms with van der Waals surface area (Å²) in [5.41, 5.74) is 7.01. The monoisotopic (exact) mass is 292 g/mol. The highest BCUT2D eigenvalue weighted by molar-refractivity contribution is 5.59. The molecule has 2 rings (SSSR count). The van der Waals surface area contributed by atoms with Gasteiger partial charge in [-0.2, -0.15) is 0 Å². The van der Waals surface area contributed by atoms with E-state index in [9.17, 15) is 13.9 Å². The summed E-state index contributed by atoms with van der Waals surface area (Å²) >= 11 is 0. The van der Waals surface area contributed by atoms with Crippen molar-refractivity contribution >= 4 is 11.4 Å². The second kappa shape index (κ2) is 7.04. The van der Waals surface area contributed by atoms with Gasteiger partial charge < -0.3 is 16.2 Å². The van der Waals surface area contributed by atoms with Gasteiger partial charge in [0.2, 0.25) is 0 Å². The highest BCUT2D eigenvalue weighted by Crippen LogP contribution is 2.29. The van der Waals surface area contributed by atoms with Gasteiger partial charge in [0, 0.05) is 16.9 Å². The quantitative estimate of drug-likeness (QED) is 0.716. The Kier molecular flexibility index (Phi) is 5.11. The number of rotatable bonds is 6. The van der Waals surface area contributed by atoms with E-state index in [0.29, 0.717) is 17.8 Å². The van der Waals surface area contributed by atoms with Crippen LogP contribution in [-0.2, 0) is 6.42 Å². The Morgan fingerprint density at radius 3 is 2.43 bits per heavy atom. The van der Waals surface area contributed by atoms with Crippen LogP contribution in [0.25, 0.3) is 0 Å². The molecule has 0 bridgehead atoms. The number of nitrogens with one attached hydrogen (secondary N) is 1. The molecule has 4 N–H and O–H groups in total. The fourth-order valence-corrected chi connectivity index (χ4v) is 2.17. The van der Waals surface area contributed by atoms with Crippen molar-refractivity contribution in [1.82, 2.24) is 0 Å². The number of nitrogens with two attached hydrogens (primary N) is 1. The molecule has 2 aromatic carbocycles. The summed E-state index contributed by atoms with van der Waals surface area (Å²) in [6.07, 6.45) is -2.07. The normalized spacial score (nSPS) is 12.4. The molecule has 0 fully saturated rings. The number of hydrogen-bond acceptors (Lipinski definition) is 3. The van der Waals surface area contributed by atoms with Gasteiger partial charge >= 0.3 is 0 Å². The zero-order valence-corrected chi connectivity index (χ0v) is 11.5. The SMILES string of the molecule is Nc1ccc(NC(CO)Cc2ccccc2)c(C(F)F)c1. The molecule has 0 saturated carbocycles. The number of aliphatic hydroxyl groups excluding tert-OH is 1. The zero-order chi connectivity index (χ0) is 15.2. The number of halogens is 2. The predicted molar refractivity (Wildman–Crippen MR) is 80.5 cm³/mol. The predicted octanol–water partition coefficient (Wildman–Crippen LogP) is 3.22. The van der Waals surface area contributed by atoms with E-state index in [1.54, 1.807) is 6.07 Å². The minimum absolute atomic E-state index is 0.151. The first-order valence-electron chi connectivity index (χ1n) is 6.69. The summed E-state index contributed by atoms with van der Waals surface area (Å²) in [6.45, 7) is -0.151. The third-order valence-corrected chi connectivity index (χ3v) is 3.22. The van der Waals surface area contributed by atoms with Crippen LogP contribution in [0.15, 0.2) is 48.5 Å². The molecule has 2 aromatic rings. The Morgan fingerprint density at radius 1 is 1.10 bits per heavy atom. The van der Waals surface area contributed by atoms with E-state index in [2.05, 4.69) is 5.32 Å².